The summed E-state index contributed by atoms with van der Waals surface area (Å²) in [7, 11) is -1.96. The number of esters is 2. The van der Waals surface area contributed by atoms with Gasteiger partial charge in [0.05, 0.1) is 39.3 Å². The predicted octanol–water partition coefficient (Wildman–Crippen LogP) is 1.02. The van der Waals surface area contributed by atoms with Crippen molar-refractivity contribution in [2.45, 2.75) is 38.9 Å². The van der Waals surface area contributed by atoms with Gasteiger partial charge < -0.3 is 14.4 Å². The van der Waals surface area contributed by atoms with Crippen LogP contribution in [0.1, 0.15) is 26.7 Å². The first-order valence-electron chi connectivity index (χ1n) is 5.53. The van der Waals surface area contributed by atoms with E-state index in [0.717, 1.165) is 0 Å². The zero-order valence-electron chi connectivity index (χ0n) is 11.3. The summed E-state index contributed by atoms with van der Waals surface area (Å²) in [6, 6.07) is 0. The second-order valence-corrected chi connectivity index (χ2v) is 5.22. The van der Waals surface area contributed by atoms with Gasteiger partial charge in [-0.1, -0.05) is 0 Å². The van der Waals surface area contributed by atoms with Crippen molar-refractivity contribution >= 4 is 19.8 Å². The molecule has 0 heterocycles. The van der Waals surface area contributed by atoms with Crippen LogP contribution in [0.3, 0.4) is 0 Å². The van der Waals surface area contributed by atoms with Crippen LogP contribution in [0.5, 0.6) is 0 Å². The first kappa shape index (κ1) is 18.0. The van der Waals surface area contributed by atoms with E-state index in [1.54, 1.807) is 0 Å². The lowest BCUT2D eigenvalue weighted by molar-refractivity contribution is -0.142. The Morgan fingerprint density at radius 3 is 1.58 bits per heavy atom. The van der Waals surface area contributed by atoms with Gasteiger partial charge >= 0.3 is 19.8 Å². The lowest BCUT2D eigenvalue weighted by Crippen LogP contribution is -2.18. The zero-order valence-corrected chi connectivity index (χ0v) is 12.2. The molecule has 0 bridgehead atoms. The van der Waals surface area contributed by atoms with Gasteiger partial charge in [0.25, 0.3) is 0 Å². The minimum Gasteiger partial charge on any atom is -0.469 e. The molecule has 0 aromatic carbocycles. The van der Waals surface area contributed by atoms with Crippen LogP contribution in [0, 0.1) is 0 Å². The maximum Gasteiger partial charge on any atom is 0.472 e. The Morgan fingerprint density at radius 1 is 1.00 bits per heavy atom. The fraction of sp³-hybridized carbons (Fsp3) is 0.800. The molecular weight excluding hydrogens is 279 g/mol. The maximum absolute atomic E-state index is 11.6. The van der Waals surface area contributed by atoms with E-state index in [1.165, 1.54) is 28.1 Å². The number of methoxy groups -OCH3 is 2. The standard InChI is InChI=1S/C10H19O8P/c1-7(5-9(11)15-3)17-19(13,14)18-8(2)6-10(12)16-4/h7-8H,5-6H2,1-4H3,(H,13,14). The average Bonchev–Trinajstić information content (AvgIpc) is 2.26. The molecule has 0 aliphatic heterocycles. The summed E-state index contributed by atoms with van der Waals surface area (Å²) < 4.78 is 29.8. The molecule has 2 unspecified atom stereocenters. The Labute approximate surface area is 111 Å². The van der Waals surface area contributed by atoms with Gasteiger partial charge in [-0.15, -0.1) is 0 Å². The Balaban J connectivity index is 4.27. The van der Waals surface area contributed by atoms with E-state index in [9.17, 15) is 19.0 Å². The van der Waals surface area contributed by atoms with Crippen LogP contribution in [-0.4, -0.2) is 43.3 Å². The fourth-order valence-electron chi connectivity index (χ4n) is 1.19. The molecule has 19 heavy (non-hydrogen) atoms. The van der Waals surface area contributed by atoms with E-state index in [4.69, 9.17) is 9.05 Å². The molecule has 0 saturated heterocycles. The van der Waals surface area contributed by atoms with Crippen molar-refractivity contribution in [3.63, 3.8) is 0 Å². The van der Waals surface area contributed by atoms with Gasteiger partial charge in [-0.05, 0) is 13.8 Å². The summed E-state index contributed by atoms with van der Waals surface area (Å²) in [5, 5.41) is 0. The topological polar surface area (TPSA) is 108 Å². The number of rotatable bonds is 8. The molecule has 8 nitrogen and oxygen atoms in total. The molecule has 0 amide bonds. The molecule has 0 aliphatic rings. The lowest BCUT2D eigenvalue weighted by atomic mass is 10.3. The largest absolute Gasteiger partial charge is 0.472 e. The minimum atomic E-state index is -4.35. The van der Waals surface area contributed by atoms with Crippen LogP contribution < -0.4 is 0 Å². The molecule has 0 saturated carbocycles. The highest BCUT2D eigenvalue weighted by atomic mass is 31.2. The fourth-order valence-corrected chi connectivity index (χ4v) is 2.30. The van der Waals surface area contributed by atoms with Gasteiger partial charge in [0.1, 0.15) is 0 Å². The molecule has 2 atom stereocenters. The summed E-state index contributed by atoms with van der Waals surface area (Å²) in [5.41, 5.74) is 0. The number of phosphoric ester groups is 1. The zero-order chi connectivity index (χ0) is 15.1. The SMILES string of the molecule is COC(=O)CC(C)OP(=O)(O)OC(C)CC(=O)OC. The molecule has 0 aromatic heterocycles. The van der Waals surface area contributed by atoms with E-state index in [2.05, 4.69) is 9.47 Å². The first-order chi connectivity index (χ1) is 8.70. The Kier molecular flexibility index (Phi) is 7.85. The van der Waals surface area contributed by atoms with Crippen molar-refractivity contribution < 1.29 is 37.6 Å². The van der Waals surface area contributed by atoms with Crippen molar-refractivity contribution in [3.8, 4) is 0 Å². The van der Waals surface area contributed by atoms with Gasteiger partial charge in [0.15, 0.2) is 0 Å². The monoisotopic (exact) mass is 298 g/mol. The third kappa shape index (κ3) is 8.72. The Hall–Kier alpha value is -0.950. The third-order valence-electron chi connectivity index (χ3n) is 1.99. The van der Waals surface area contributed by atoms with Crippen molar-refractivity contribution in [1.29, 1.82) is 0 Å². The molecule has 0 fully saturated rings. The highest BCUT2D eigenvalue weighted by Gasteiger charge is 2.29. The summed E-state index contributed by atoms with van der Waals surface area (Å²) in [6.07, 6.45) is -2.08. The predicted molar refractivity (Wildman–Crippen MR) is 64.2 cm³/mol. The van der Waals surface area contributed by atoms with Crippen LogP contribution in [0.2, 0.25) is 0 Å². The summed E-state index contributed by atoms with van der Waals surface area (Å²) >= 11 is 0. The van der Waals surface area contributed by atoms with Gasteiger partial charge in [-0.3, -0.25) is 18.6 Å². The van der Waals surface area contributed by atoms with Crippen LogP contribution in [0.15, 0.2) is 0 Å². The summed E-state index contributed by atoms with van der Waals surface area (Å²) in [6.45, 7) is 2.85. The number of carbonyl (C=O) groups excluding carboxylic acids is 2. The van der Waals surface area contributed by atoms with E-state index >= 15 is 0 Å². The molecule has 0 spiro atoms. The van der Waals surface area contributed by atoms with Crippen molar-refractivity contribution in [1.82, 2.24) is 0 Å². The van der Waals surface area contributed by atoms with Crippen LogP contribution in [0.25, 0.3) is 0 Å². The van der Waals surface area contributed by atoms with Gasteiger partial charge in [-0.25, -0.2) is 4.57 Å². The number of hydrogen-bond acceptors (Lipinski definition) is 7. The maximum atomic E-state index is 11.6. The smallest absolute Gasteiger partial charge is 0.469 e. The number of hydrogen-bond donors (Lipinski definition) is 1. The van der Waals surface area contributed by atoms with Gasteiger partial charge in [0, 0.05) is 0 Å². The normalized spacial score (nSPS) is 17.1. The van der Waals surface area contributed by atoms with Crippen molar-refractivity contribution in [2.24, 2.45) is 0 Å². The molecule has 1 N–H and O–H groups in total. The first-order valence-corrected chi connectivity index (χ1v) is 7.03. The number of carbonyl (C=O) groups is 2. The van der Waals surface area contributed by atoms with Crippen LogP contribution in [-0.2, 0) is 32.7 Å². The van der Waals surface area contributed by atoms with E-state index < -0.39 is 32.0 Å². The second-order valence-electron chi connectivity index (χ2n) is 3.86. The molecule has 0 rings (SSSR count). The number of ether oxygens (including phenoxy) is 2. The molecule has 0 aromatic rings. The van der Waals surface area contributed by atoms with Gasteiger partial charge in [0.2, 0.25) is 0 Å². The Morgan fingerprint density at radius 2 is 1.32 bits per heavy atom. The summed E-state index contributed by atoms with van der Waals surface area (Å²) in [5.74, 6) is -1.15. The van der Waals surface area contributed by atoms with Crippen molar-refractivity contribution in [2.75, 3.05) is 14.2 Å². The third-order valence-corrected chi connectivity index (χ3v) is 3.24. The highest BCUT2D eigenvalue weighted by Crippen LogP contribution is 2.46. The summed E-state index contributed by atoms with van der Waals surface area (Å²) in [4.78, 5) is 31.3. The average molecular weight is 298 g/mol. The molecule has 112 valence electrons. The quantitative estimate of drug-likeness (QED) is 0.522. The highest BCUT2D eigenvalue weighted by molar-refractivity contribution is 7.47. The molecule has 0 radical (unpaired) electrons. The molecule has 0 aliphatic carbocycles. The Bertz CT molecular complexity index is 325. The van der Waals surface area contributed by atoms with E-state index in [0.29, 0.717) is 0 Å². The lowest BCUT2D eigenvalue weighted by Gasteiger charge is -2.19. The molecule has 9 heteroatoms. The number of phosphoric acid groups is 1. The van der Waals surface area contributed by atoms with Crippen LogP contribution in [0.4, 0.5) is 0 Å². The molecular formula is C10H19O8P. The van der Waals surface area contributed by atoms with E-state index in [1.807, 2.05) is 0 Å². The van der Waals surface area contributed by atoms with Crippen LogP contribution >= 0.6 is 7.82 Å². The van der Waals surface area contributed by atoms with Crippen molar-refractivity contribution in [3.05, 3.63) is 0 Å². The van der Waals surface area contributed by atoms with E-state index in [-0.39, 0.29) is 12.8 Å². The minimum absolute atomic E-state index is 0.185. The second kappa shape index (κ2) is 8.27. The van der Waals surface area contributed by atoms with Gasteiger partial charge in [-0.2, -0.15) is 0 Å².